The summed E-state index contributed by atoms with van der Waals surface area (Å²) in [6.07, 6.45) is 1.32. The van der Waals surface area contributed by atoms with Crippen LogP contribution in [0.5, 0.6) is 0 Å². The Morgan fingerprint density at radius 2 is 1.88 bits per heavy atom. The molecule has 0 aromatic heterocycles. The number of nitrogens with zero attached hydrogens (tertiary/aromatic N) is 2. The van der Waals surface area contributed by atoms with Crippen molar-refractivity contribution in [3.05, 3.63) is 75.9 Å². The normalized spacial score (nSPS) is 15.2. The quantitative estimate of drug-likeness (QED) is 0.608. The molecule has 32 heavy (non-hydrogen) atoms. The van der Waals surface area contributed by atoms with Gasteiger partial charge in [-0.25, -0.2) is 13.2 Å². The second-order valence-corrected chi connectivity index (χ2v) is 8.11. The van der Waals surface area contributed by atoms with Crippen LogP contribution in [0.25, 0.3) is 6.08 Å². The molecular formula is C22H20F3N3O3S. The van der Waals surface area contributed by atoms with Crippen LogP contribution in [-0.4, -0.2) is 53.5 Å². The SMILES string of the molecule is CN(CC(=O)NCCN1C(=O)S/C(=C\c2ccccc2F)C1=O)Cc1ccc(F)cc1F. The number of halogens is 3. The Hall–Kier alpha value is -3.11. The summed E-state index contributed by atoms with van der Waals surface area (Å²) in [5.41, 5.74) is 0.452. The average molecular weight is 463 g/mol. The topological polar surface area (TPSA) is 69.7 Å². The van der Waals surface area contributed by atoms with Gasteiger partial charge in [0.15, 0.2) is 0 Å². The number of hydrogen-bond donors (Lipinski definition) is 1. The summed E-state index contributed by atoms with van der Waals surface area (Å²) in [7, 11) is 1.60. The summed E-state index contributed by atoms with van der Waals surface area (Å²) >= 11 is 0.707. The van der Waals surface area contributed by atoms with Gasteiger partial charge in [-0.2, -0.15) is 0 Å². The lowest BCUT2D eigenvalue weighted by molar-refractivity contribution is -0.124. The van der Waals surface area contributed by atoms with E-state index in [-0.39, 0.29) is 48.1 Å². The van der Waals surface area contributed by atoms with Crippen molar-refractivity contribution < 1.29 is 27.6 Å². The van der Waals surface area contributed by atoms with Crippen molar-refractivity contribution in [2.45, 2.75) is 6.54 Å². The first-order chi connectivity index (χ1) is 15.2. The Balaban J connectivity index is 1.48. The largest absolute Gasteiger partial charge is 0.353 e. The van der Waals surface area contributed by atoms with E-state index < -0.39 is 28.6 Å². The van der Waals surface area contributed by atoms with Gasteiger partial charge in [-0.05, 0) is 37.0 Å². The maximum absolute atomic E-state index is 13.8. The molecule has 0 atom stereocenters. The molecule has 1 fully saturated rings. The molecule has 2 aromatic carbocycles. The second kappa shape index (κ2) is 10.5. The number of benzene rings is 2. The van der Waals surface area contributed by atoms with Gasteiger partial charge in [-0.15, -0.1) is 0 Å². The standard InChI is InChI=1S/C22H20F3N3O3S/c1-27(12-15-6-7-16(23)11-18(15)25)13-20(29)26-8-9-28-21(30)19(32-22(28)31)10-14-4-2-3-5-17(14)24/h2-7,10-11H,8-9,12-13H2,1H3,(H,26,29)/b19-10-. The molecule has 1 aliphatic heterocycles. The van der Waals surface area contributed by atoms with Gasteiger partial charge in [0, 0.05) is 36.8 Å². The third kappa shape index (κ3) is 5.98. The molecule has 1 heterocycles. The van der Waals surface area contributed by atoms with Crippen LogP contribution in [0.15, 0.2) is 47.4 Å². The van der Waals surface area contributed by atoms with E-state index in [1.54, 1.807) is 18.0 Å². The van der Waals surface area contributed by atoms with Crippen molar-refractivity contribution >= 4 is 34.9 Å². The van der Waals surface area contributed by atoms with Crippen molar-refractivity contribution in [2.75, 3.05) is 26.7 Å². The molecule has 0 spiro atoms. The second-order valence-electron chi connectivity index (χ2n) is 7.11. The van der Waals surface area contributed by atoms with Gasteiger partial charge in [0.25, 0.3) is 11.1 Å². The number of amides is 3. The summed E-state index contributed by atoms with van der Waals surface area (Å²) in [6.45, 7) is 0.0271. The fraction of sp³-hybridized carbons (Fsp3) is 0.227. The third-order valence-electron chi connectivity index (χ3n) is 4.59. The van der Waals surface area contributed by atoms with E-state index in [4.69, 9.17) is 0 Å². The van der Waals surface area contributed by atoms with Crippen molar-refractivity contribution in [1.29, 1.82) is 0 Å². The minimum Gasteiger partial charge on any atom is -0.353 e. The lowest BCUT2D eigenvalue weighted by atomic mass is 10.2. The summed E-state index contributed by atoms with van der Waals surface area (Å²) in [6, 6.07) is 9.13. The van der Waals surface area contributed by atoms with Crippen molar-refractivity contribution in [2.24, 2.45) is 0 Å². The number of carbonyl (C=O) groups excluding carboxylic acids is 3. The molecule has 0 bridgehead atoms. The fourth-order valence-corrected chi connectivity index (χ4v) is 3.89. The van der Waals surface area contributed by atoms with E-state index in [0.717, 1.165) is 17.0 Å². The van der Waals surface area contributed by atoms with Crippen LogP contribution in [0.2, 0.25) is 0 Å². The monoisotopic (exact) mass is 463 g/mol. The van der Waals surface area contributed by atoms with Gasteiger partial charge >= 0.3 is 0 Å². The highest BCUT2D eigenvalue weighted by Gasteiger charge is 2.34. The summed E-state index contributed by atoms with van der Waals surface area (Å²) in [5, 5.41) is 2.09. The summed E-state index contributed by atoms with van der Waals surface area (Å²) < 4.78 is 40.5. The maximum atomic E-state index is 13.8. The van der Waals surface area contributed by atoms with Gasteiger partial charge in [-0.1, -0.05) is 24.3 Å². The van der Waals surface area contributed by atoms with Crippen molar-refractivity contribution in [1.82, 2.24) is 15.1 Å². The van der Waals surface area contributed by atoms with Crippen LogP contribution in [0, 0.1) is 17.5 Å². The van der Waals surface area contributed by atoms with E-state index in [1.807, 2.05) is 0 Å². The van der Waals surface area contributed by atoms with E-state index >= 15 is 0 Å². The maximum Gasteiger partial charge on any atom is 0.293 e. The van der Waals surface area contributed by atoms with E-state index in [1.165, 1.54) is 30.3 Å². The van der Waals surface area contributed by atoms with Crippen molar-refractivity contribution in [3.63, 3.8) is 0 Å². The van der Waals surface area contributed by atoms with Crippen LogP contribution >= 0.6 is 11.8 Å². The first kappa shape index (κ1) is 23.6. The summed E-state index contributed by atoms with van der Waals surface area (Å²) in [4.78, 5) is 39.3. The van der Waals surface area contributed by atoms with Gasteiger partial charge < -0.3 is 5.32 Å². The smallest absolute Gasteiger partial charge is 0.293 e. The zero-order valence-electron chi connectivity index (χ0n) is 17.1. The number of hydrogen-bond acceptors (Lipinski definition) is 5. The average Bonchev–Trinajstić information content (AvgIpc) is 2.99. The Morgan fingerprint density at radius 3 is 2.59 bits per heavy atom. The fourth-order valence-electron chi connectivity index (χ4n) is 3.03. The Bertz CT molecular complexity index is 1080. The molecule has 0 aliphatic carbocycles. The zero-order valence-corrected chi connectivity index (χ0v) is 17.9. The molecule has 6 nitrogen and oxygen atoms in total. The Kier molecular flexibility index (Phi) is 7.70. The van der Waals surface area contributed by atoms with Crippen LogP contribution < -0.4 is 5.32 Å². The molecule has 168 valence electrons. The lowest BCUT2D eigenvalue weighted by Gasteiger charge is -2.18. The molecule has 0 unspecified atom stereocenters. The van der Waals surface area contributed by atoms with Crippen LogP contribution in [0.1, 0.15) is 11.1 Å². The predicted molar refractivity (Wildman–Crippen MR) is 115 cm³/mol. The van der Waals surface area contributed by atoms with Gasteiger partial charge in [-0.3, -0.25) is 24.2 Å². The highest BCUT2D eigenvalue weighted by atomic mass is 32.2. The molecule has 2 aromatic rings. The molecule has 1 N–H and O–H groups in total. The van der Waals surface area contributed by atoms with E-state index in [0.29, 0.717) is 11.8 Å². The van der Waals surface area contributed by atoms with Crippen LogP contribution in [0.4, 0.5) is 18.0 Å². The van der Waals surface area contributed by atoms with Gasteiger partial charge in [0.05, 0.1) is 11.4 Å². The number of nitrogens with one attached hydrogen (secondary N) is 1. The number of carbonyl (C=O) groups is 3. The minimum absolute atomic E-state index is 0.0304. The first-order valence-electron chi connectivity index (χ1n) is 9.63. The lowest BCUT2D eigenvalue weighted by Crippen LogP contribution is -2.40. The molecule has 3 amide bonds. The van der Waals surface area contributed by atoms with Crippen LogP contribution in [-0.2, 0) is 16.1 Å². The molecule has 10 heteroatoms. The molecular weight excluding hydrogens is 443 g/mol. The Morgan fingerprint density at radius 1 is 1.12 bits per heavy atom. The first-order valence-corrected chi connectivity index (χ1v) is 10.5. The number of rotatable bonds is 8. The summed E-state index contributed by atoms with van der Waals surface area (Å²) in [5.74, 6) is -2.82. The minimum atomic E-state index is -0.694. The molecule has 3 rings (SSSR count). The highest BCUT2D eigenvalue weighted by Crippen LogP contribution is 2.32. The Labute approximate surface area is 187 Å². The highest BCUT2D eigenvalue weighted by molar-refractivity contribution is 8.18. The number of imide groups is 1. The van der Waals surface area contributed by atoms with Gasteiger partial charge in [0.2, 0.25) is 5.91 Å². The van der Waals surface area contributed by atoms with Gasteiger partial charge in [0.1, 0.15) is 17.5 Å². The van der Waals surface area contributed by atoms with E-state index in [9.17, 15) is 27.6 Å². The van der Waals surface area contributed by atoms with E-state index in [2.05, 4.69) is 5.32 Å². The zero-order chi connectivity index (χ0) is 23.3. The molecule has 1 saturated heterocycles. The number of likely N-dealkylation sites (N-methyl/N-ethyl adjacent to an activating group) is 1. The van der Waals surface area contributed by atoms with Crippen molar-refractivity contribution in [3.8, 4) is 0 Å². The molecule has 0 saturated carbocycles. The molecule has 0 radical (unpaired) electrons. The third-order valence-corrected chi connectivity index (χ3v) is 5.50. The molecule has 1 aliphatic rings. The number of thioether (sulfide) groups is 1. The predicted octanol–water partition coefficient (Wildman–Crippen LogP) is 3.39. The van der Waals surface area contributed by atoms with Crippen LogP contribution in [0.3, 0.4) is 0 Å².